The van der Waals surface area contributed by atoms with Crippen molar-refractivity contribution in [3.05, 3.63) is 60.7 Å². The van der Waals surface area contributed by atoms with Gasteiger partial charge in [0, 0.05) is 32.3 Å². The number of aromatic hydroxyl groups is 2. The van der Waals surface area contributed by atoms with Gasteiger partial charge in [0.2, 0.25) is 11.8 Å². The molecular formula is C36H28Cl2N6O26S8. The SMILES string of the molecule is O=C(CS(=O)OCCl)Nc1ccc2c(O)c(N=Nc3cc(S(=O)(=O)O)c4cc(N=Nc5c(S(=O)(=O)O)cc6c(S(=O)(=O)O)c(NC(=O)CS(=O)OCCl)ccc6c5O)cc(S(=O)(=O)O)c4c3)c(S(=O)(=O)O)cc2c1S(=O)(=O)O. The van der Waals surface area contributed by atoms with E-state index in [0.29, 0.717) is 36.4 Å². The standard InChI is InChI=1S/C36H28Cl2N6O26S8/c37-13-69-71(49)11-29(45)39-23-3-1-17-21(35(23)77(63,64)65)9-27(75(57,58)59)31(33(17)47)43-41-15-5-19-20(25(7-15)73(51,52)53)6-16(8-26(19)74(54,55)56)42-44-32-28(76(60,61)62)10-22-18(34(32)48)2-4-24(36(22)78(66,67)68)40-30(46)12-72(50)70-14-38/h1-10,47-48H,11-14H2,(H,39,45)(H,40,46)(H,51,52,53)(H,54,55,56)(H,57,58,59)(H,60,61,62)(H,63,64,65)(H,66,67,68). The van der Waals surface area contributed by atoms with Gasteiger partial charge in [-0.2, -0.15) is 60.7 Å². The van der Waals surface area contributed by atoms with Crippen LogP contribution in [0.25, 0.3) is 32.3 Å². The summed E-state index contributed by atoms with van der Waals surface area (Å²) in [5.41, 5.74) is -5.96. The summed E-state index contributed by atoms with van der Waals surface area (Å²) in [6.07, 6.45) is 0. The lowest BCUT2D eigenvalue weighted by Gasteiger charge is -2.15. The van der Waals surface area contributed by atoms with Gasteiger partial charge >= 0.3 is 0 Å². The maximum absolute atomic E-state index is 12.9. The van der Waals surface area contributed by atoms with Gasteiger partial charge in [0.1, 0.15) is 64.4 Å². The molecule has 32 nitrogen and oxygen atoms in total. The summed E-state index contributed by atoms with van der Waals surface area (Å²) in [7, 11) is -33.7. The van der Waals surface area contributed by atoms with E-state index in [0.717, 1.165) is 24.3 Å². The number of hydrogen-bond donors (Lipinski definition) is 10. The van der Waals surface area contributed by atoms with Crippen LogP contribution in [-0.2, 0) is 101 Å². The average Bonchev–Trinajstić information content (AvgIpc) is 3.36. The highest BCUT2D eigenvalue weighted by Gasteiger charge is 2.31. The molecule has 420 valence electrons. The molecule has 0 bridgehead atoms. The maximum atomic E-state index is 12.9. The van der Waals surface area contributed by atoms with E-state index < -0.39 is 226 Å². The Morgan fingerprint density at radius 3 is 1.05 bits per heavy atom. The van der Waals surface area contributed by atoms with Crippen LogP contribution in [0.2, 0.25) is 0 Å². The fourth-order valence-corrected chi connectivity index (χ4v) is 13.0. The summed E-state index contributed by atoms with van der Waals surface area (Å²) < 4.78 is 247. The molecule has 0 heterocycles. The van der Waals surface area contributed by atoms with E-state index in [1.165, 1.54) is 0 Å². The Balaban J connectivity index is 1.53. The van der Waals surface area contributed by atoms with Crippen molar-refractivity contribution in [3.8, 4) is 11.5 Å². The van der Waals surface area contributed by atoms with Crippen LogP contribution in [0, 0.1) is 0 Å². The molecule has 42 heteroatoms. The van der Waals surface area contributed by atoms with Crippen LogP contribution in [0.5, 0.6) is 11.5 Å². The number of nitrogens with one attached hydrogen (secondary N) is 2. The van der Waals surface area contributed by atoms with Gasteiger partial charge in [-0.3, -0.25) is 45.3 Å². The van der Waals surface area contributed by atoms with E-state index in [2.05, 4.69) is 28.8 Å². The molecule has 6 aromatic rings. The van der Waals surface area contributed by atoms with E-state index in [9.17, 15) is 106 Å². The van der Waals surface area contributed by atoms with E-state index >= 15 is 0 Å². The molecule has 0 spiro atoms. The first-order chi connectivity index (χ1) is 35.9. The summed E-state index contributed by atoms with van der Waals surface area (Å²) in [6.45, 7) is 0. The monoisotopic (exact) mass is 1290 g/mol. The van der Waals surface area contributed by atoms with Gasteiger partial charge in [-0.05, 0) is 60.7 Å². The van der Waals surface area contributed by atoms with E-state index in [-0.39, 0.29) is 0 Å². The number of carbonyl (C=O) groups is 2. The van der Waals surface area contributed by atoms with E-state index in [4.69, 9.17) is 23.2 Å². The van der Waals surface area contributed by atoms with Crippen molar-refractivity contribution in [3.63, 3.8) is 0 Å². The van der Waals surface area contributed by atoms with Gasteiger partial charge in [-0.15, -0.1) is 10.2 Å². The molecular weight excluding hydrogens is 1260 g/mol. The lowest BCUT2D eigenvalue weighted by atomic mass is 10.1. The van der Waals surface area contributed by atoms with Crippen molar-refractivity contribution in [2.45, 2.75) is 29.4 Å². The molecule has 6 aromatic carbocycles. The zero-order chi connectivity index (χ0) is 58.4. The number of halogens is 2. The summed E-state index contributed by atoms with van der Waals surface area (Å²) in [5.74, 6) is -7.06. The Hall–Kier alpha value is -5.90. The van der Waals surface area contributed by atoms with Crippen molar-refractivity contribution in [2.24, 2.45) is 20.5 Å². The second kappa shape index (κ2) is 22.7. The third-order valence-corrected chi connectivity index (χ3v) is 17.6. The normalized spacial score (nSPS) is 13.9. The predicted molar refractivity (Wildman–Crippen MR) is 269 cm³/mol. The Labute approximate surface area is 451 Å². The van der Waals surface area contributed by atoms with Crippen LogP contribution in [0.1, 0.15) is 0 Å². The fourth-order valence-electron chi connectivity index (χ4n) is 7.02. The van der Waals surface area contributed by atoms with Gasteiger partial charge in [-0.25, -0.2) is 8.42 Å². The Bertz CT molecular complexity index is 4130. The first kappa shape index (κ1) is 61.3. The molecule has 0 saturated carbocycles. The first-order valence-corrected chi connectivity index (χ1v) is 31.8. The number of amides is 2. The number of anilines is 2. The quantitative estimate of drug-likeness (QED) is 0.0286. The molecule has 2 unspecified atom stereocenters. The van der Waals surface area contributed by atoms with Gasteiger partial charge in [0.05, 0.1) is 22.7 Å². The molecule has 2 amide bonds. The lowest BCUT2D eigenvalue weighted by Crippen LogP contribution is -2.21. The van der Waals surface area contributed by atoms with Crippen molar-refractivity contribution < 1.29 is 114 Å². The molecule has 0 aliphatic carbocycles. The number of alkyl halides is 2. The van der Waals surface area contributed by atoms with Crippen LogP contribution < -0.4 is 10.6 Å². The first-order valence-electron chi connectivity index (χ1n) is 19.6. The Morgan fingerprint density at radius 1 is 0.449 bits per heavy atom. The number of phenolic OH excluding ortho intramolecular Hbond substituents is 2. The maximum Gasteiger partial charge on any atom is 0.297 e. The number of rotatable bonds is 20. The van der Waals surface area contributed by atoms with Gasteiger partial charge in [0.15, 0.2) is 33.7 Å². The second-order valence-corrected chi connectivity index (χ2v) is 25.9. The van der Waals surface area contributed by atoms with Crippen LogP contribution in [0.4, 0.5) is 34.1 Å². The third-order valence-electron chi connectivity index (χ3n) is 9.89. The number of hydrogen-bond acceptors (Lipinski definition) is 24. The molecule has 2 atom stereocenters. The number of nitrogens with zero attached hydrogens (tertiary/aromatic N) is 4. The van der Waals surface area contributed by atoms with Gasteiger partial charge in [0.25, 0.3) is 60.7 Å². The number of phenols is 2. The summed E-state index contributed by atoms with van der Waals surface area (Å²) in [4.78, 5) is 16.7. The molecule has 10 N–H and O–H groups in total. The molecule has 0 aliphatic rings. The molecule has 0 aromatic heterocycles. The molecule has 0 radical (unpaired) electrons. The molecule has 78 heavy (non-hydrogen) atoms. The zero-order valence-electron chi connectivity index (χ0n) is 37.3. The van der Waals surface area contributed by atoms with Crippen molar-refractivity contribution in [1.29, 1.82) is 0 Å². The van der Waals surface area contributed by atoms with Crippen LogP contribution >= 0.6 is 23.2 Å². The minimum atomic E-state index is -5.68. The topological polar surface area (TPSA) is 527 Å². The van der Waals surface area contributed by atoms with Crippen molar-refractivity contribution in [1.82, 2.24) is 0 Å². The largest absolute Gasteiger partial charge is 0.505 e. The number of carbonyl (C=O) groups excluding carboxylic acids is 2. The predicted octanol–water partition coefficient (Wildman–Crippen LogP) is 4.50. The highest BCUT2D eigenvalue weighted by atomic mass is 35.5. The highest BCUT2D eigenvalue weighted by molar-refractivity contribution is 7.87. The Morgan fingerprint density at radius 2 is 0.769 bits per heavy atom. The summed E-state index contributed by atoms with van der Waals surface area (Å²) >= 11 is 5.88. The minimum absolute atomic E-state index is 0.309. The van der Waals surface area contributed by atoms with Crippen molar-refractivity contribution >= 4 is 184 Å². The molecule has 0 fully saturated rings. The third kappa shape index (κ3) is 13.7. The molecule has 6 rings (SSSR count). The number of fused-ring (bicyclic) bond motifs is 3. The Kier molecular flexibility index (Phi) is 17.8. The molecule has 0 saturated heterocycles. The summed E-state index contributed by atoms with van der Waals surface area (Å²) in [5, 5.41) is 35.6. The number of benzene rings is 6. The molecule has 0 aliphatic heterocycles. The van der Waals surface area contributed by atoms with Crippen LogP contribution in [-0.4, -0.2) is 132 Å². The van der Waals surface area contributed by atoms with Crippen molar-refractivity contribution in [2.75, 3.05) is 34.3 Å². The average molecular weight is 1290 g/mol. The minimum Gasteiger partial charge on any atom is -0.505 e. The van der Waals surface area contributed by atoms with Crippen LogP contribution in [0.3, 0.4) is 0 Å². The second-order valence-electron chi connectivity index (χ2n) is 14.9. The van der Waals surface area contributed by atoms with Gasteiger partial charge in [-0.1, -0.05) is 23.2 Å². The van der Waals surface area contributed by atoms with Crippen LogP contribution in [0.15, 0.2) is 110 Å². The zero-order valence-corrected chi connectivity index (χ0v) is 45.4. The smallest absolute Gasteiger partial charge is 0.297 e. The highest BCUT2D eigenvalue weighted by Crippen LogP contribution is 2.47. The van der Waals surface area contributed by atoms with E-state index in [1.807, 2.05) is 10.6 Å². The summed E-state index contributed by atoms with van der Waals surface area (Å²) in [6, 6.07) is 4.47. The van der Waals surface area contributed by atoms with E-state index in [1.54, 1.807) is 0 Å². The lowest BCUT2D eigenvalue weighted by molar-refractivity contribution is -0.114. The number of azo groups is 2. The van der Waals surface area contributed by atoms with Gasteiger partial charge < -0.3 is 20.8 Å². The fraction of sp³-hybridized carbons (Fsp3) is 0.111.